The molecule has 0 unspecified atom stereocenters. The molecule has 2 aliphatic carbocycles. The molecule has 2 amide bonds. The van der Waals surface area contributed by atoms with Crippen LogP contribution in [0.25, 0.3) is 22.4 Å². The van der Waals surface area contributed by atoms with Gasteiger partial charge in [-0.1, -0.05) is 26.0 Å². The van der Waals surface area contributed by atoms with Gasteiger partial charge >= 0.3 is 0 Å². The van der Waals surface area contributed by atoms with E-state index in [2.05, 4.69) is 29.5 Å². The lowest BCUT2D eigenvalue weighted by Crippen LogP contribution is -2.37. The lowest BCUT2D eigenvalue weighted by molar-refractivity contribution is -0.121. The molecule has 1 aromatic heterocycles. The van der Waals surface area contributed by atoms with Crippen molar-refractivity contribution in [2.45, 2.75) is 71.3 Å². The molecule has 0 radical (unpaired) electrons. The summed E-state index contributed by atoms with van der Waals surface area (Å²) in [5, 5.41) is 6.27. The first-order valence-electron chi connectivity index (χ1n) is 13.2. The molecular weight excluding hydrogens is 436 g/mol. The van der Waals surface area contributed by atoms with Gasteiger partial charge in [-0.05, 0) is 93.5 Å². The van der Waals surface area contributed by atoms with Gasteiger partial charge in [0.05, 0.1) is 11.0 Å². The molecule has 0 aliphatic heterocycles. The monoisotopic (exact) mass is 472 g/mol. The van der Waals surface area contributed by atoms with Crippen molar-refractivity contribution in [3.05, 3.63) is 48.0 Å². The van der Waals surface area contributed by atoms with E-state index in [0.717, 1.165) is 78.5 Å². The Labute approximate surface area is 207 Å². The third-order valence-corrected chi connectivity index (χ3v) is 7.91. The Morgan fingerprint density at radius 2 is 1.51 bits per heavy atom. The predicted molar refractivity (Wildman–Crippen MR) is 140 cm³/mol. The molecule has 184 valence electrons. The fraction of sp³-hybridized carbons (Fsp3) is 0.483. The van der Waals surface area contributed by atoms with Gasteiger partial charge < -0.3 is 15.6 Å². The first-order valence-corrected chi connectivity index (χ1v) is 13.2. The van der Waals surface area contributed by atoms with E-state index in [9.17, 15) is 9.59 Å². The Morgan fingerprint density at radius 3 is 2.20 bits per heavy atom. The number of aromatic amines is 1. The largest absolute Gasteiger partial charge is 0.349 e. The van der Waals surface area contributed by atoms with Crippen LogP contribution in [-0.4, -0.2) is 27.8 Å². The fourth-order valence-electron chi connectivity index (χ4n) is 5.44. The van der Waals surface area contributed by atoms with Gasteiger partial charge in [0.2, 0.25) is 5.91 Å². The molecule has 1 heterocycles. The number of aromatic nitrogens is 2. The third-order valence-electron chi connectivity index (χ3n) is 7.91. The van der Waals surface area contributed by atoms with Crippen LogP contribution in [0.4, 0.5) is 5.69 Å². The maximum Gasteiger partial charge on any atom is 0.251 e. The maximum absolute atomic E-state index is 12.7. The molecule has 0 saturated heterocycles. The number of imidazole rings is 1. The molecule has 0 bridgehead atoms. The van der Waals surface area contributed by atoms with Crippen molar-refractivity contribution in [3.8, 4) is 11.4 Å². The second-order valence-electron chi connectivity index (χ2n) is 10.8. The van der Waals surface area contributed by atoms with Crippen molar-refractivity contribution < 1.29 is 9.59 Å². The zero-order valence-corrected chi connectivity index (χ0v) is 20.8. The van der Waals surface area contributed by atoms with Gasteiger partial charge in [-0.25, -0.2) is 4.98 Å². The Balaban J connectivity index is 1.23. The summed E-state index contributed by atoms with van der Waals surface area (Å²) in [6.07, 6.45) is 8.67. The maximum atomic E-state index is 12.7. The normalized spacial score (nSPS) is 24.7. The topological polar surface area (TPSA) is 86.9 Å². The zero-order chi connectivity index (χ0) is 24.4. The van der Waals surface area contributed by atoms with Crippen molar-refractivity contribution in [1.29, 1.82) is 0 Å². The molecule has 2 aromatic carbocycles. The van der Waals surface area contributed by atoms with E-state index in [1.807, 2.05) is 42.5 Å². The quantitative estimate of drug-likeness (QED) is 0.407. The first kappa shape index (κ1) is 23.6. The van der Waals surface area contributed by atoms with Crippen LogP contribution in [0.3, 0.4) is 0 Å². The third kappa shape index (κ3) is 5.58. The Kier molecular flexibility index (Phi) is 6.89. The number of rotatable bonds is 5. The number of hydrogen-bond donors (Lipinski definition) is 3. The fourth-order valence-corrected chi connectivity index (χ4v) is 5.44. The number of amides is 2. The molecule has 35 heavy (non-hydrogen) atoms. The summed E-state index contributed by atoms with van der Waals surface area (Å²) in [4.78, 5) is 33.5. The molecule has 6 heteroatoms. The second-order valence-corrected chi connectivity index (χ2v) is 10.8. The van der Waals surface area contributed by atoms with Gasteiger partial charge in [0, 0.05) is 28.8 Å². The van der Waals surface area contributed by atoms with Gasteiger partial charge in [-0.2, -0.15) is 0 Å². The minimum Gasteiger partial charge on any atom is -0.349 e. The van der Waals surface area contributed by atoms with E-state index >= 15 is 0 Å². The molecule has 2 aliphatic rings. The number of hydrogen-bond acceptors (Lipinski definition) is 3. The number of nitrogens with one attached hydrogen (secondary N) is 3. The number of H-pyrrole nitrogens is 1. The molecule has 3 N–H and O–H groups in total. The van der Waals surface area contributed by atoms with E-state index < -0.39 is 0 Å². The first-order chi connectivity index (χ1) is 16.9. The van der Waals surface area contributed by atoms with Gasteiger partial charge in [0.1, 0.15) is 5.82 Å². The average Bonchev–Trinajstić information content (AvgIpc) is 3.29. The van der Waals surface area contributed by atoms with E-state index in [-0.39, 0.29) is 23.8 Å². The van der Waals surface area contributed by atoms with Crippen LogP contribution in [0, 0.1) is 17.8 Å². The van der Waals surface area contributed by atoms with Crippen LogP contribution in [0.1, 0.15) is 75.6 Å². The molecule has 5 rings (SSSR count). The highest BCUT2D eigenvalue weighted by Gasteiger charge is 2.24. The number of nitrogens with zero attached hydrogens (tertiary/aromatic N) is 1. The van der Waals surface area contributed by atoms with Crippen LogP contribution >= 0.6 is 0 Å². The summed E-state index contributed by atoms with van der Waals surface area (Å²) < 4.78 is 0. The zero-order valence-electron chi connectivity index (χ0n) is 20.8. The Morgan fingerprint density at radius 1 is 0.857 bits per heavy atom. The van der Waals surface area contributed by atoms with Crippen molar-refractivity contribution in [1.82, 2.24) is 15.3 Å². The summed E-state index contributed by atoms with van der Waals surface area (Å²) >= 11 is 0. The van der Waals surface area contributed by atoms with E-state index in [4.69, 9.17) is 4.98 Å². The molecule has 0 spiro atoms. The number of fused-ring (bicyclic) bond motifs is 1. The highest BCUT2D eigenvalue weighted by atomic mass is 16.2. The summed E-state index contributed by atoms with van der Waals surface area (Å²) in [6, 6.07) is 13.7. The number of carbonyl (C=O) groups excluding carboxylic acids is 2. The molecule has 0 atom stereocenters. The lowest BCUT2D eigenvalue weighted by atomic mass is 9.82. The summed E-state index contributed by atoms with van der Waals surface area (Å²) in [5.74, 6) is 2.45. The van der Waals surface area contributed by atoms with Crippen LogP contribution in [-0.2, 0) is 4.79 Å². The number of benzene rings is 2. The van der Waals surface area contributed by atoms with Crippen molar-refractivity contribution in [2.75, 3.05) is 5.32 Å². The molecule has 3 aromatic rings. The van der Waals surface area contributed by atoms with Gasteiger partial charge in [0.15, 0.2) is 0 Å². The van der Waals surface area contributed by atoms with Gasteiger partial charge in [-0.15, -0.1) is 0 Å². The molecule has 6 nitrogen and oxygen atoms in total. The Hall–Kier alpha value is -3.15. The summed E-state index contributed by atoms with van der Waals surface area (Å²) in [7, 11) is 0. The van der Waals surface area contributed by atoms with Crippen LogP contribution < -0.4 is 10.6 Å². The minimum atomic E-state index is -0.00600. The smallest absolute Gasteiger partial charge is 0.251 e. The summed E-state index contributed by atoms with van der Waals surface area (Å²) in [5.41, 5.74) is 4.10. The minimum absolute atomic E-state index is 0.00600. The SMILES string of the molecule is CC1CCC(NC(=O)c2ccc(-c3nc4cc(NC(=O)C5CCC(C)CC5)ccc4[nH]3)cc2)CC1. The molecular formula is C29H36N4O2. The lowest BCUT2D eigenvalue weighted by Gasteiger charge is -2.26. The van der Waals surface area contributed by atoms with Crippen LogP contribution in [0.5, 0.6) is 0 Å². The molecule has 2 saturated carbocycles. The van der Waals surface area contributed by atoms with Crippen molar-refractivity contribution >= 4 is 28.5 Å². The second kappa shape index (κ2) is 10.2. The van der Waals surface area contributed by atoms with Crippen LogP contribution in [0.15, 0.2) is 42.5 Å². The van der Waals surface area contributed by atoms with E-state index in [0.29, 0.717) is 5.56 Å². The van der Waals surface area contributed by atoms with Gasteiger partial charge in [0.25, 0.3) is 5.91 Å². The van der Waals surface area contributed by atoms with Gasteiger partial charge in [-0.3, -0.25) is 9.59 Å². The van der Waals surface area contributed by atoms with Crippen LogP contribution in [0.2, 0.25) is 0 Å². The number of carbonyl (C=O) groups is 2. The number of anilines is 1. The highest BCUT2D eigenvalue weighted by Crippen LogP contribution is 2.30. The predicted octanol–water partition coefficient (Wildman–Crippen LogP) is 6.30. The van der Waals surface area contributed by atoms with Crippen molar-refractivity contribution in [3.63, 3.8) is 0 Å². The van der Waals surface area contributed by atoms with E-state index in [1.54, 1.807) is 0 Å². The Bertz CT molecular complexity index is 1180. The average molecular weight is 473 g/mol. The highest BCUT2D eigenvalue weighted by molar-refractivity contribution is 5.96. The van der Waals surface area contributed by atoms with Crippen molar-refractivity contribution in [2.24, 2.45) is 17.8 Å². The van der Waals surface area contributed by atoms with E-state index in [1.165, 1.54) is 12.8 Å². The summed E-state index contributed by atoms with van der Waals surface area (Å²) in [6.45, 7) is 4.54. The molecule has 2 fully saturated rings. The standard InChI is InChI=1S/C29H36N4O2/c1-18-3-7-21(8-4-18)29(35)31-24-15-16-25-26(17-24)33-27(32-25)20-9-11-22(12-10-20)28(34)30-23-13-5-19(2)6-14-23/h9-12,15-19,21,23H,3-8,13-14H2,1-2H3,(H,30,34)(H,31,35)(H,32,33).